The Morgan fingerprint density at radius 1 is 1.24 bits per heavy atom. The fraction of sp³-hybridized carbons (Fsp3) is 0.385. The first-order valence-corrected chi connectivity index (χ1v) is 5.66. The topological polar surface area (TPSA) is 46.3 Å². The van der Waals surface area contributed by atoms with Crippen molar-refractivity contribution in [2.75, 3.05) is 20.8 Å². The van der Waals surface area contributed by atoms with E-state index in [0.717, 1.165) is 6.54 Å². The Labute approximate surface area is 101 Å². The zero-order valence-corrected chi connectivity index (χ0v) is 10.2. The second-order valence-electron chi connectivity index (χ2n) is 3.93. The van der Waals surface area contributed by atoms with Crippen LogP contribution in [0.25, 0.3) is 10.9 Å². The highest BCUT2D eigenvalue weighted by molar-refractivity contribution is 5.79. The van der Waals surface area contributed by atoms with Crippen LogP contribution in [0.3, 0.4) is 0 Å². The summed E-state index contributed by atoms with van der Waals surface area (Å²) in [4.78, 5) is 3.18. The molecule has 0 amide bonds. The van der Waals surface area contributed by atoms with Crippen LogP contribution in [0.5, 0.6) is 0 Å². The highest BCUT2D eigenvalue weighted by Gasteiger charge is 2.03. The molecular formula is C13H18N2O2. The zero-order valence-electron chi connectivity index (χ0n) is 10.2. The molecule has 0 saturated carbocycles. The Morgan fingerprint density at radius 3 is 2.82 bits per heavy atom. The van der Waals surface area contributed by atoms with E-state index >= 15 is 0 Å². The zero-order chi connectivity index (χ0) is 12.1. The second kappa shape index (κ2) is 5.82. The van der Waals surface area contributed by atoms with E-state index in [2.05, 4.69) is 34.6 Å². The van der Waals surface area contributed by atoms with Crippen molar-refractivity contribution in [3.63, 3.8) is 0 Å². The van der Waals surface area contributed by atoms with Gasteiger partial charge < -0.3 is 19.8 Å². The van der Waals surface area contributed by atoms with E-state index in [1.807, 2.05) is 6.20 Å². The average Bonchev–Trinajstić information content (AvgIpc) is 2.82. The number of hydrogen-bond acceptors (Lipinski definition) is 3. The molecule has 92 valence electrons. The van der Waals surface area contributed by atoms with Gasteiger partial charge in [-0.05, 0) is 29.1 Å². The number of rotatable bonds is 6. The van der Waals surface area contributed by atoms with Crippen LogP contribution >= 0.6 is 0 Å². The Kier molecular flexibility index (Phi) is 4.14. The molecule has 0 fully saturated rings. The lowest BCUT2D eigenvalue weighted by Crippen LogP contribution is -2.29. The molecule has 17 heavy (non-hydrogen) atoms. The SMILES string of the molecule is COC(CNCc1ccc2[nH]ccc2c1)OC. The molecule has 0 atom stereocenters. The summed E-state index contributed by atoms with van der Waals surface area (Å²) in [6.07, 6.45) is 1.76. The molecule has 4 nitrogen and oxygen atoms in total. The van der Waals surface area contributed by atoms with Gasteiger partial charge in [-0.2, -0.15) is 0 Å². The molecule has 4 heteroatoms. The molecule has 2 aromatic rings. The largest absolute Gasteiger partial charge is 0.361 e. The Bertz CT molecular complexity index is 463. The summed E-state index contributed by atoms with van der Waals surface area (Å²) >= 11 is 0. The Balaban J connectivity index is 1.90. The molecule has 0 aliphatic rings. The summed E-state index contributed by atoms with van der Waals surface area (Å²) < 4.78 is 10.2. The van der Waals surface area contributed by atoms with E-state index in [-0.39, 0.29) is 6.29 Å². The van der Waals surface area contributed by atoms with Crippen molar-refractivity contribution in [2.45, 2.75) is 12.8 Å². The molecule has 0 unspecified atom stereocenters. The molecule has 1 aromatic heterocycles. The van der Waals surface area contributed by atoms with E-state index in [1.54, 1.807) is 14.2 Å². The van der Waals surface area contributed by atoms with Crippen LogP contribution in [-0.2, 0) is 16.0 Å². The van der Waals surface area contributed by atoms with Crippen LogP contribution in [-0.4, -0.2) is 32.0 Å². The van der Waals surface area contributed by atoms with E-state index in [1.165, 1.54) is 16.5 Å². The number of H-pyrrole nitrogens is 1. The molecule has 2 N–H and O–H groups in total. The lowest BCUT2D eigenvalue weighted by Gasteiger charge is -2.14. The summed E-state index contributed by atoms with van der Waals surface area (Å²) in [7, 11) is 3.28. The van der Waals surface area contributed by atoms with Crippen molar-refractivity contribution in [3.8, 4) is 0 Å². The third kappa shape index (κ3) is 3.06. The summed E-state index contributed by atoms with van der Waals surface area (Å²) in [6, 6.07) is 8.45. The number of aromatic nitrogens is 1. The Morgan fingerprint density at radius 2 is 2.06 bits per heavy atom. The number of methoxy groups -OCH3 is 2. The maximum absolute atomic E-state index is 5.11. The first-order valence-electron chi connectivity index (χ1n) is 5.66. The maximum atomic E-state index is 5.11. The minimum atomic E-state index is -0.189. The number of aromatic amines is 1. The molecule has 1 heterocycles. The van der Waals surface area contributed by atoms with E-state index in [4.69, 9.17) is 9.47 Å². The van der Waals surface area contributed by atoms with Gasteiger partial charge in [-0.1, -0.05) is 6.07 Å². The molecular weight excluding hydrogens is 216 g/mol. The lowest BCUT2D eigenvalue weighted by atomic mass is 10.1. The fourth-order valence-electron chi connectivity index (χ4n) is 1.81. The normalized spacial score (nSPS) is 11.5. The number of nitrogens with one attached hydrogen (secondary N) is 2. The van der Waals surface area contributed by atoms with Crippen molar-refractivity contribution >= 4 is 10.9 Å². The van der Waals surface area contributed by atoms with Crippen molar-refractivity contribution in [2.24, 2.45) is 0 Å². The van der Waals surface area contributed by atoms with Crippen LogP contribution in [0.2, 0.25) is 0 Å². The fourth-order valence-corrected chi connectivity index (χ4v) is 1.81. The number of hydrogen-bond donors (Lipinski definition) is 2. The van der Waals surface area contributed by atoms with E-state index in [9.17, 15) is 0 Å². The maximum Gasteiger partial charge on any atom is 0.169 e. The van der Waals surface area contributed by atoms with Gasteiger partial charge >= 0.3 is 0 Å². The monoisotopic (exact) mass is 234 g/mol. The van der Waals surface area contributed by atoms with Gasteiger partial charge in [0.1, 0.15) is 0 Å². The van der Waals surface area contributed by atoms with E-state index in [0.29, 0.717) is 6.54 Å². The highest BCUT2D eigenvalue weighted by atomic mass is 16.7. The average molecular weight is 234 g/mol. The minimum Gasteiger partial charge on any atom is -0.361 e. The van der Waals surface area contributed by atoms with Crippen LogP contribution in [0.1, 0.15) is 5.56 Å². The predicted molar refractivity (Wildman–Crippen MR) is 67.8 cm³/mol. The predicted octanol–water partition coefficient (Wildman–Crippen LogP) is 1.88. The van der Waals surface area contributed by atoms with Crippen molar-refractivity contribution < 1.29 is 9.47 Å². The first-order chi connectivity index (χ1) is 8.33. The first kappa shape index (κ1) is 12.1. The van der Waals surface area contributed by atoms with Gasteiger partial charge in [0.05, 0.1) is 0 Å². The third-order valence-electron chi connectivity index (χ3n) is 2.78. The van der Waals surface area contributed by atoms with Crippen molar-refractivity contribution in [3.05, 3.63) is 36.0 Å². The van der Waals surface area contributed by atoms with Gasteiger partial charge in [0, 0.05) is 39.0 Å². The molecule has 0 aliphatic carbocycles. The molecule has 1 aromatic carbocycles. The molecule has 2 rings (SSSR count). The summed E-state index contributed by atoms with van der Waals surface area (Å²) in [5, 5.41) is 4.54. The Hall–Kier alpha value is -1.36. The van der Waals surface area contributed by atoms with Gasteiger partial charge in [0.15, 0.2) is 6.29 Å². The molecule has 0 saturated heterocycles. The minimum absolute atomic E-state index is 0.189. The number of ether oxygens (including phenoxy) is 2. The number of fused-ring (bicyclic) bond motifs is 1. The van der Waals surface area contributed by atoms with Gasteiger partial charge in [0.25, 0.3) is 0 Å². The third-order valence-corrected chi connectivity index (χ3v) is 2.78. The molecule has 0 aliphatic heterocycles. The summed E-state index contributed by atoms with van der Waals surface area (Å²) in [5.41, 5.74) is 2.42. The molecule has 0 radical (unpaired) electrons. The van der Waals surface area contributed by atoms with Crippen LogP contribution < -0.4 is 5.32 Å². The van der Waals surface area contributed by atoms with Crippen molar-refractivity contribution in [1.82, 2.24) is 10.3 Å². The van der Waals surface area contributed by atoms with Gasteiger partial charge in [-0.15, -0.1) is 0 Å². The summed E-state index contributed by atoms with van der Waals surface area (Å²) in [5.74, 6) is 0. The molecule has 0 bridgehead atoms. The number of benzene rings is 1. The van der Waals surface area contributed by atoms with Crippen LogP contribution in [0, 0.1) is 0 Å². The lowest BCUT2D eigenvalue weighted by molar-refractivity contribution is -0.0989. The van der Waals surface area contributed by atoms with Crippen LogP contribution in [0.4, 0.5) is 0 Å². The second-order valence-corrected chi connectivity index (χ2v) is 3.93. The van der Waals surface area contributed by atoms with Gasteiger partial charge in [0.2, 0.25) is 0 Å². The van der Waals surface area contributed by atoms with Crippen molar-refractivity contribution in [1.29, 1.82) is 0 Å². The van der Waals surface area contributed by atoms with Gasteiger partial charge in [-0.25, -0.2) is 0 Å². The van der Waals surface area contributed by atoms with Gasteiger partial charge in [-0.3, -0.25) is 0 Å². The molecule has 0 spiro atoms. The van der Waals surface area contributed by atoms with E-state index < -0.39 is 0 Å². The smallest absolute Gasteiger partial charge is 0.169 e. The highest BCUT2D eigenvalue weighted by Crippen LogP contribution is 2.13. The standard InChI is InChI=1S/C13H18N2O2/c1-16-13(17-2)9-14-8-10-3-4-12-11(7-10)5-6-15-12/h3-7,13-15H,8-9H2,1-2H3. The van der Waals surface area contributed by atoms with Crippen LogP contribution in [0.15, 0.2) is 30.5 Å². The summed E-state index contributed by atoms with van der Waals surface area (Å²) in [6.45, 7) is 1.49. The quantitative estimate of drug-likeness (QED) is 0.750.